The van der Waals surface area contributed by atoms with Gasteiger partial charge in [-0.1, -0.05) is 19.4 Å². The van der Waals surface area contributed by atoms with Crippen molar-refractivity contribution >= 4 is 5.78 Å². The van der Waals surface area contributed by atoms with Crippen LogP contribution in [0, 0.1) is 11.3 Å². The molecule has 0 heterocycles. The molecule has 1 N–H and O–H groups in total. The van der Waals surface area contributed by atoms with E-state index in [9.17, 15) is 4.79 Å². The van der Waals surface area contributed by atoms with Crippen molar-refractivity contribution < 1.29 is 9.90 Å². The van der Waals surface area contributed by atoms with Crippen LogP contribution in [0.2, 0.25) is 0 Å². The maximum absolute atomic E-state index is 11.5. The number of carbonyl (C=O) groups is 1. The molecular weight excluding hydrogens is 212 g/mol. The summed E-state index contributed by atoms with van der Waals surface area (Å²) in [5.74, 6) is 0.474. The highest BCUT2D eigenvalue weighted by Crippen LogP contribution is 2.40. The van der Waals surface area contributed by atoms with Gasteiger partial charge < -0.3 is 5.11 Å². The number of ketones is 1. The normalized spacial score (nSPS) is 22.8. The fourth-order valence-corrected chi connectivity index (χ4v) is 2.39. The van der Waals surface area contributed by atoms with Crippen LogP contribution < -0.4 is 0 Å². The van der Waals surface area contributed by atoms with Crippen LogP contribution in [0.3, 0.4) is 0 Å². The van der Waals surface area contributed by atoms with E-state index >= 15 is 0 Å². The zero-order valence-corrected chi connectivity index (χ0v) is 11.2. The van der Waals surface area contributed by atoms with E-state index in [0.717, 1.165) is 11.1 Å². The van der Waals surface area contributed by atoms with Crippen LogP contribution in [0.4, 0.5) is 0 Å². The minimum atomic E-state index is -0.0393. The number of hydrogen-bond acceptors (Lipinski definition) is 2. The first kappa shape index (κ1) is 14.0. The minimum Gasteiger partial charge on any atom is -0.396 e. The molecule has 1 rings (SSSR count). The van der Waals surface area contributed by atoms with Crippen LogP contribution in [-0.2, 0) is 4.79 Å². The Morgan fingerprint density at radius 3 is 2.82 bits per heavy atom. The summed E-state index contributed by atoms with van der Waals surface area (Å²) in [5.41, 5.74) is 5.35. The van der Waals surface area contributed by atoms with Gasteiger partial charge in [0.05, 0.1) is 0 Å². The molecule has 1 atom stereocenters. The quantitative estimate of drug-likeness (QED) is 0.762. The molecule has 0 fully saturated rings. The highest BCUT2D eigenvalue weighted by atomic mass is 16.2. The van der Waals surface area contributed by atoms with Gasteiger partial charge >= 0.3 is 0 Å². The SMILES string of the molecule is CC(=C=CC1C(C)=CC(=O)CC1(C)C)CCO. The fraction of sp³-hybridized carbons (Fsp3) is 0.600. The Hall–Kier alpha value is -1.11. The first-order valence-corrected chi connectivity index (χ1v) is 6.11. The van der Waals surface area contributed by atoms with Crippen molar-refractivity contribution in [3.63, 3.8) is 0 Å². The number of allylic oxidation sites excluding steroid dienone is 2. The Kier molecular flexibility index (Phi) is 4.50. The van der Waals surface area contributed by atoms with E-state index in [0.29, 0.717) is 12.8 Å². The summed E-state index contributed by atoms with van der Waals surface area (Å²) in [5, 5.41) is 8.83. The summed E-state index contributed by atoms with van der Waals surface area (Å²) in [6.07, 6.45) is 5.04. The van der Waals surface area contributed by atoms with E-state index < -0.39 is 0 Å². The topological polar surface area (TPSA) is 37.3 Å². The lowest BCUT2D eigenvalue weighted by molar-refractivity contribution is -0.117. The molecule has 0 aliphatic heterocycles. The Bertz CT molecular complexity index is 393. The van der Waals surface area contributed by atoms with Gasteiger partial charge in [-0.3, -0.25) is 4.79 Å². The third-order valence-corrected chi connectivity index (χ3v) is 3.33. The molecule has 0 saturated heterocycles. The Morgan fingerprint density at radius 1 is 1.65 bits per heavy atom. The Balaban J connectivity index is 3.00. The Morgan fingerprint density at radius 2 is 2.29 bits per heavy atom. The van der Waals surface area contributed by atoms with Crippen molar-refractivity contribution in [2.75, 3.05) is 6.61 Å². The average Bonchev–Trinajstić information content (AvgIpc) is 2.14. The zero-order valence-electron chi connectivity index (χ0n) is 11.2. The molecule has 1 aliphatic rings. The smallest absolute Gasteiger partial charge is 0.156 e. The zero-order chi connectivity index (χ0) is 13.1. The van der Waals surface area contributed by atoms with Gasteiger partial charge in [0.2, 0.25) is 0 Å². The van der Waals surface area contributed by atoms with Crippen LogP contribution in [-0.4, -0.2) is 17.5 Å². The van der Waals surface area contributed by atoms with Crippen molar-refractivity contribution in [1.82, 2.24) is 0 Å². The summed E-state index contributed by atoms with van der Waals surface area (Å²) in [4.78, 5) is 11.5. The largest absolute Gasteiger partial charge is 0.396 e. The molecule has 0 bridgehead atoms. The molecule has 1 aliphatic carbocycles. The minimum absolute atomic E-state index is 0.0393. The van der Waals surface area contributed by atoms with Crippen LogP contribution in [0.15, 0.2) is 29.0 Å². The summed E-state index contributed by atoms with van der Waals surface area (Å²) in [6, 6.07) is 0. The summed E-state index contributed by atoms with van der Waals surface area (Å²) in [7, 11) is 0. The number of rotatable bonds is 3. The summed E-state index contributed by atoms with van der Waals surface area (Å²) >= 11 is 0. The molecular formula is C15H22O2. The van der Waals surface area contributed by atoms with E-state index in [1.165, 1.54) is 0 Å². The molecule has 94 valence electrons. The molecule has 2 nitrogen and oxygen atoms in total. The van der Waals surface area contributed by atoms with Gasteiger partial charge in [0.15, 0.2) is 5.78 Å². The maximum Gasteiger partial charge on any atom is 0.156 e. The first-order valence-electron chi connectivity index (χ1n) is 6.11. The molecule has 0 aromatic heterocycles. The van der Waals surface area contributed by atoms with Crippen molar-refractivity contribution in [2.24, 2.45) is 11.3 Å². The van der Waals surface area contributed by atoms with Gasteiger partial charge in [0.25, 0.3) is 0 Å². The van der Waals surface area contributed by atoms with E-state index in [-0.39, 0.29) is 23.7 Å². The lowest BCUT2D eigenvalue weighted by Gasteiger charge is -2.35. The number of hydrogen-bond donors (Lipinski definition) is 1. The second-order valence-corrected chi connectivity index (χ2v) is 5.56. The third-order valence-electron chi connectivity index (χ3n) is 3.33. The molecule has 1 unspecified atom stereocenters. The lowest BCUT2D eigenvalue weighted by atomic mass is 9.68. The van der Waals surface area contributed by atoms with E-state index in [4.69, 9.17) is 5.11 Å². The van der Waals surface area contributed by atoms with Crippen LogP contribution in [0.1, 0.15) is 40.5 Å². The second-order valence-electron chi connectivity index (χ2n) is 5.56. The lowest BCUT2D eigenvalue weighted by Crippen LogP contribution is -2.30. The number of carbonyl (C=O) groups excluding carboxylic acids is 1. The molecule has 17 heavy (non-hydrogen) atoms. The van der Waals surface area contributed by atoms with E-state index in [1.807, 2.05) is 19.9 Å². The fourth-order valence-electron chi connectivity index (χ4n) is 2.39. The highest BCUT2D eigenvalue weighted by Gasteiger charge is 2.34. The first-order chi connectivity index (χ1) is 7.86. The van der Waals surface area contributed by atoms with Gasteiger partial charge in [-0.2, -0.15) is 0 Å². The number of aliphatic hydroxyl groups excluding tert-OH is 1. The number of aliphatic hydroxyl groups is 1. The molecule has 2 heteroatoms. The van der Waals surface area contributed by atoms with Crippen molar-refractivity contribution in [3.8, 4) is 0 Å². The molecule has 0 radical (unpaired) electrons. The van der Waals surface area contributed by atoms with Crippen LogP contribution in [0.25, 0.3) is 0 Å². The predicted octanol–water partition coefficient (Wildman–Crippen LogP) is 3.03. The molecule has 0 aromatic rings. The second kappa shape index (κ2) is 5.48. The van der Waals surface area contributed by atoms with Gasteiger partial charge in [-0.15, -0.1) is 5.73 Å². The molecule has 0 spiro atoms. The van der Waals surface area contributed by atoms with Gasteiger partial charge in [0.1, 0.15) is 0 Å². The van der Waals surface area contributed by atoms with Crippen LogP contribution in [0.5, 0.6) is 0 Å². The summed E-state index contributed by atoms with van der Waals surface area (Å²) < 4.78 is 0. The maximum atomic E-state index is 11.5. The van der Waals surface area contributed by atoms with E-state index in [1.54, 1.807) is 6.08 Å². The molecule has 0 saturated carbocycles. The van der Waals surface area contributed by atoms with Crippen molar-refractivity contribution in [1.29, 1.82) is 0 Å². The van der Waals surface area contributed by atoms with E-state index in [2.05, 4.69) is 19.6 Å². The van der Waals surface area contributed by atoms with Crippen LogP contribution >= 0.6 is 0 Å². The van der Waals surface area contributed by atoms with Gasteiger partial charge in [0, 0.05) is 18.9 Å². The summed E-state index contributed by atoms with van der Waals surface area (Å²) in [6.45, 7) is 8.36. The highest BCUT2D eigenvalue weighted by molar-refractivity contribution is 5.92. The monoisotopic (exact) mass is 234 g/mol. The molecule has 0 aromatic carbocycles. The average molecular weight is 234 g/mol. The van der Waals surface area contributed by atoms with Crippen molar-refractivity contribution in [2.45, 2.75) is 40.5 Å². The van der Waals surface area contributed by atoms with Gasteiger partial charge in [-0.05, 0) is 43.4 Å². The predicted molar refractivity (Wildman–Crippen MR) is 69.6 cm³/mol. The third kappa shape index (κ3) is 3.69. The van der Waals surface area contributed by atoms with Crippen molar-refractivity contribution in [3.05, 3.63) is 29.0 Å². The Labute approximate surface area is 104 Å². The molecule has 0 amide bonds. The van der Waals surface area contributed by atoms with Gasteiger partial charge in [-0.25, -0.2) is 0 Å². The standard InChI is InChI=1S/C15H22O2/c1-11(7-8-16)5-6-14-12(2)9-13(17)10-15(14,3)4/h6,9,14,16H,7-8,10H2,1-4H3.